The molecule has 1 fully saturated rings. The average Bonchev–Trinajstić information content (AvgIpc) is 3.31. The number of nitrogens with zero attached hydrogens (tertiary/aromatic N) is 7. The molecule has 31 heavy (non-hydrogen) atoms. The first-order valence-electron chi connectivity index (χ1n) is 10.7. The summed E-state index contributed by atoms with van der Waals surface area (Å²) < 4.78 is 1.84. The van der Waals surface area contributed by atoms with Crippen molar-refractivity contribution in [3.63, 3.8) is 0 Å². The third-order valence-corrected chi connectivity index (χ3v) is 5.76. The maximum Gasteiger partial charge on any atom is 0.254 e. The van der Waals surface area contributed by atoms with Gasteiger partial charge in [0.15, 0.2) is 0 Å². The van der Waals surface area contributed by atoms with Crippen LogP contribution in [0.1, 0.15) is 74.8 Å². The first kappa shape index (κ1) is 21.2. The SMILES string of the molecule is CC(C)(C)c1cc(C(=O)N2CC(n3cc(Cn4nccn4)nn3)C2)cc(C(C)(C)C)c1. The molecule has 4 rings (SSSR count). The van der Waals surface area contributed by atoms with Crippen LogP contribution in [-0.2, 0) is 17.4 Å². The Morgan fingerprint density at radius 2 is 1.55 bits per heavy atom. The standard InChI is InChI=1S/C23H31N7O/c1-22(2,3)17-9-16(10-18(11-17)23(4,5)6)21(31)28-14-20(15-28)29-12-19(26-27-29)13-30-24-7-8-25-30/h7-12,20H,13-15H2,1-6H3. The van der Waals surface area contributed by atoms with E-state index in [0.29, 0.717) is 19.6 Å². The van der Waals surface area contributed by atoms with Gasteiger partial charge in [0.1, 0.15) is 12.2 Å². The summed E-state index contributed by atoms with van der Waals surface area (Å²) in [6.45, 7) is 14.9. The van der Waals surface area contributed by atoms with Crippen molar-refractivity contribution in [2.24, 2.45) is 0 Å². The summed E-state index contributed by atoms with van der Waals surface area (Å²) in [5, 5.41) is 16.6. The second-order valence-electron chi connectivity index (χ2n) is 10.4. The molecule has 3 heterocycles. The highest BCUT2D eigenvalue weighted by atomic mass is 16.2. The van der Waals surface area contributed by atoms with Crippen LogP contribution in [-0.4, -0.2) is 53.9 Å². The Morgan fingerprint density at radius 3 is 2.10 bits per heavy atom. The minimum atomic E-state index is -0.0195. The summed E-state index contributed by atoms with van der Waals surface area (Å²) in [6, 6.07) is 6.48. The van der Waals surface area contributed by atoms with Crippen LogP contribution < -0.4 is 0 Å². The van der Waals surface area contributed by atoms with E-state index >= 15 is 0 Å². The van der Waals surface area contributed by atoms with Gasteiger partial charge in [-0.05, 0) is 34.1 Å². The lowest BCUT2D eigenvalue weighted by molar-refractivity contribution is 0.0498. The first-order valence-corrected chi connectivity index (χ1v) is 10.7. The van der Waals surface area contributed by atoms with Gasteiger partial charge in [0.25, 0.3) is 5.91 Å². The Morgan fingerprint density at radius 1 is 0.968 bits per heavy atom. The van der Waals surface area contributed by atoms with E-state index in [2.05, 4.69) is 80.3 Å². The molecular formula is C23H31N7O. The van der Waals surface area contributed by atoms with Gasteiger partial charge in [-0.3, -0.25) is 4.79 Å². The topological polar surface area (TPSA) is 81.7 Å². The van der Waals surface area contributed by atoms with Crippen molar-refractivity contribution in [1.82, 2.24) is 34.9 Å². The number of aromatic nitrogens is 6. The lowest BCUT2D eigenvalue weighted by Crippen LogP contribution is -2.51. The van der Waals surface area contributed by atoms with Gasteiger partial charge in [-0.1, -0.05) is 52.8 Å². The molecule has 0 atom stereocenters. The van der Waals surface area contributed by atoms with Gasteiger partial charge in [-0.15, -0.1) is 5.10 Å². The average molecular weight is 422 g/mol. The van der Waals surface area contributed by atoms with Crippen LogP contribution in [0.5, 0.6) is 0 Å². The summed E-state index contributed by atoms with van der Waals surface area (Å²) in [6.07, 6.45) is 5.19. The zero-order valence-electron chi connectivity index (χ0n) is 19.2. The Labute approximate surface area is 183 Å². The highest BCUT2D eigenvalue weighted by Gasteiger charge is 2.34. The third kappa shape index (κ3) is 4.52. The maximum atomic E-state index is 13.2. The fourth-order valence-corrected chi connectivity index (χ4v) is 3.62. The number of rotatable bonds is 4. The Bertz CT molecular complexity index is 1030. The van der Waals surface area contributed by atoms with E-state index in [0.717, 1.165) is 11.3 Å². The summed E-state index contributed by atoms with van der Waals surface area (Å²) in [4.78, 5) is 16.7. The molecule has 1 aliphatic rings. The summed E-state index contributed by atoms with van der Waals surface area (Å²) >= 11 is 0. The monoisotopic (exact) mass is 421 g/mol. The fraction of sp³-hybridized carbons (Fsp3) is 0.522. The van der Waals surface area contributed by atoms with Gasteiger partial charge in [0.05, 0.1) is 24.6 Å². The van der Waals surface area contributed by atoms with Gasteiger partial charge in [0.2, 0.25) is 0 Å². The van der Waals surface area contributed by atoms with Crippen molar-refractivity contribution in [3.8, 4) is 0 Å². The minimum absolute atomic E-state index is 0.0195. The molecule has 2 aromatic heterocycles. The Kier molecular flexibility index (Phi) is 5.19. The van der Waals surface area contributed by atoms with E-state index in [9.17, 15) is 4.79 Å². The molecule has 0 aliphatic carbocycles. The summed E-state index contributed by atoms with van der Waals surface area (Å²) in [5.74, 6) is 0.0777. The molecular weight excluding hydrogens is 390 g/mol. The maximum absolute atomic E-state index is 13.2. The Balaban J connectivity index is 1.46. The lowest BCUT2D eigenvalue weighted by atomic mass is 9.79. The van der Waals surface area contributed by atoms with Crippen molar-refractivity contribution < 1.29 is 4.79 Å². The van der Waals surface area contributed by atoms with Crippen molar-refractivity contribution in [3.05, 3.63) is 59.2 Å². The third-order valence-electron chi connectivity index (χ3n) is 5.76. The van der Waals surface area contributed by atoms with Gasteiger partial charge in [0, 0.05) is 18.7 Å². The van der Waals surface area contributed by atoms with Gasteiger partial charge >= 0.3 is 0 Å². The van der Waals surface area contributed by atoms with E-state index in [1.54, 1.807) is 17.2 Å². The molecule has 0 N–H and O–H groups in total. The van der Waals surface area contributed by atoms with E-state index in [4.69, 9.17) is 0 Å². The first-order chi connectivity index (χ1) is 14.5. The van der Waals surface area contributed by atoms with Crippen LogP contribution in [0.15, 0.2) is 36.8 Å². The second kappa shape index (κ2) is 7.59. The number of carbonyl (C=O) groups is 1. The van der Waals surface area contributed by atoms with Gasteiger partial charge in [-0.25, -0.2) is 4.68 Å². The molecule has 3 aromatic rings. The van der Waals surface area contributed by atoms with E-state index in [1.165, 1.54) is 11.1 Å². The quantitative estimate of drug-likeness (QED) is 0.646. The van der Waals surface area contributed by atoms with Crippen molar-refractivity contribution in [2.75, 3.05) is 13.1 Å². The van der Waals surface area contributed by atoms with Crippen molar-refractivity contribution in [2.45, 2.75) is 65.0 Å². The molecule has 8 nitrogen and oxygen atoms in total. The molecule has 0 saturated carbocycles. The number of benzene rings is 1. The number of likely N-dealkylation sites (tertiary alicyclic amines) is 1. The van der Waals surface area contributed by atoms with Crippen molar-refractivity contribution in [1.29, 1.82) is 0 Å². The van der Waals surface area contributed by atoms with Gasteiger partial charge < -0.3 is 4.90 Å². The number of carbonyl (C=O) groups excluding carboxylic acids is 1. The summed E-state index contributed by atoms with van der Waals surface area (Å²) in [7, 11) is 0. The van der Waals surface area contributed by atoms with Crippen LogP contribution in [0.25, 0.3) is 0 Å². The molecule has 0 unspecified atom stereocenters. The van der Waals surface area contributed by atoms with E-state index in [-0.39, 0.29) is 22.8 Å². The molecule has 0 spiro atoms. The normalized spacial score (nSPS) is 15.2. The molecule has 164 valence electrons. The predicted octanol–water partition coefficient (Wildman–Crippen LogP) is 3.21. The predicted molar refractivity (Wildman–Crippen MR) is 118 cm³/mol. The molecule has 1 aromatic carbocycles. The zero-order chi connectivity index (χ0) is 22.4. The van der Waals surface area contributed by atoms with E-state index in [1.807, 2.05) is 15.8 Å². The lowest BCUT2D eigenvalue weighted by Gasteiger charge is -2.39. The van der Waals surface area contributed by atoms with Crippen LogP contribution in [0.4, 0.5) is 0 Å². The molecule has 1 aliphatic heterocycles. The van der Waals surface area contributed by atoms with Gasteiger partial charge in [-0.2, -0.15) is 15.0 Å². The largest absolute Gasteiger partial charge is 0.334 e. The molecule has 1 amide bonds. The smallest absolute Gasteiger partial charge is 0.254 e. The zero-order valence-corrected chi connectivity index (χ0v) is 19.2. The second-order valence-corrected chi connectivity index (χ2v) is 10.4. The molecule has 8 heteroatoms. The van der Waals surface area contributed by atoms with Crippen LogP contribution >= 0.6 is 0 Å². The fourth-order valence-electron chi connectivity index (χ4n) is 3.62. The van der Waals surface area contributed by atoms with Crippen LogP contribution in [0, 0.1) is 0 Å². The highest BCUT2D eigenvalue weighted by molar-refractivity contribution is 5.95. The molecule has 1 saturated heterocycles. The minimum Gasteiger partial charge on any atom is -0.334 e. The van der Waals surface area contributed by atoms with E-state index < -0.39 is 0 Å². The number of amides is 1. The Hall–Kier alpha value is -3.03. The molecule has 0 radical (unpaired) electrons. The van der Waals surface area contributed by atoms with Crippen LogP contribution in [0.2, 0.25) is 0 Å². The number of hydrogen-bond acceptors (Lipinski definition) is 5. The number of hydrogen-bond donors (Lipinski definition) is 0. The van der Waals surface area contributed by atoms with Crippen LogP contribution in [0.3, 0.4) is 0 Å². The summed E-state index contributed by atoms with van der Waals surface area (Å²) in [5.41, 5.74) is 3.90. The molecule has 0 bridgehead atoms. The highest BCUT2D eigenvalue weighted by Crippen LogP contribution is 2.32. The van der Waals surface area contributed by atoms with Crippen molar-refractivity contribution >= 4 is 5.91 Å².